The van der Waals surface area contributed by atoms with Crippen LogP contribution in [0.2, 0.25) is 5.02 Å². The zero-order valence-electron chi connectivity index (χ0n) is 12.1. The van der Waals surface area contributed by atoms with Crippen molar-refractivity contribution in [2.45, 2.75) is 25.5 Å². The maximum Gasteiger partial charge on any atom is 0.239 e. The molecule has 0 unspecified atom stereocenters. The van der Waals surface area contributed by atoms with Gasteiger partial charge in [-0.3, -0.25) is 9.59 Å². The van der Waals surface area contributed by atoms with Crippen LogP contribution in [-0.2, 0) is 14.3 Å². The van der Waals surface area contributed by atoms with Crippen molar-refractivity contribution in [3.8, 4) is 0 Å². The number of amides is 2. The largest absolute Gasteiger partial charge is 0.371 e. The van der Waals surface area contributed by atoms with Gasteiger partial charge in [-0.25, -0.2) is 0 Å². The van der Waals surface area contributed by atoms with Gasteiger partial charge in [-0.15, -0.1) is 0 Å². The first-order valence-corrected chi connectivity index (χ1v) is 7.23. The number of likely N-dealkylation sites (N-methyl/N-ethyl adjacent to an activating group) is 1. The van der Waals surface area contributed by atoms with E-state index >= 15 is 0 Å². The Labute approximate surface area is 129 Å². The molecule has 5 nitrogen and oxygen atoms in total. The van der Waals surface area contributed by atoms with Crippen molar-refractivity contribution in [3.63, 3.8) is 0 Å². The molecule has 1 fully saturated rings. The molecule has 0 spiro atoms. The highest BCUT2D eigenvalue weighted by Gasteiger charge is 2.31. The number of halogens is 1. The predicted molar refractivity (Wildman–Crippen MR) is 80.0 cm³/mol. The standard InChI is InChI=1S/C15H19ClN2O3/c1-10(19)18(2)9-14(20)17-13-7-8-21-15(13)11-3-5-12(16)6-4-11/h3-6,13,15H,7-9H2,1-2H3,(H,17,20)/t13-,15+/m0/s1. The summed E-state index contributed by atoms with van der Waals surface area (Å²) in [5.41, 5.74) is 0.988. The molecule has 1 aliphatic rings. The lowest BCUT2D eigenvalue weighted by molar-refractivity contribution is -0.133. The van der Waals surface area contributed by atoms with Crippen molar-refractivity contribution < 1.29 is 14.3 Å². The normalized spacial score (nSPS) is 21.1. The van der Waals surface area contributed by atoms with Gasteiger partial charge in [0.25, 0.3) is 0 Å². The number of benzene rings is 1. The third kappa shape index (κ3) is 4.19. The Hall–Kier alpha value is -1.59. The maximum atomic E-state index is 12.0. The second kappa shape index (κ2) is 6.91. The van der Waals surface area contributed by atoms with Crippen LogP contribution >= 0.6 is 11.6 Å². The monoisotopic (exact) mass is 310 g/mol. The van der Waals surface area contributed by atoms with Gasteiger partial charge in [0.15, 0.2) is 0 Å². The molecule has 2 amide bonds. The highest BCUT2D eigenvalue weighted by atomic mass is 35.5. The molecule has 6 heteroatoms. The van der Waals surface area contributed by atoms with Crippen molar-refractivity contribution in [2.24, 2.45) is 0 Å². The molecule has 0 aliphatic carbocycles. The van der Waals surface area contributed by atoms with Gasteiger partial charge >= 0.3 is 0 Å². The molecular formula is C15H19ClN2O3. The van der Waals surface area contributed by atoms with Crippen LogP contribution in [-0.4, -0.2) is 43.0 Å². The van der Waals surface area contributed by atoms with E-state index in [4.69, 9.17) is 16.3 Å². The Morgan fingerprint density at radius 1 is 1.38 bits per heavy atom. The molecule has 0 radical (unpaired) electrons. The van der Waals surface area contributed by atoms with Gasteiger partial charge < -0.3 is 15.0 Å². The lowest BCUT2D eigenvalue weighted by atomic mass is 10.0. The van der Waals surface area contributed by atoms with Crippen molar-refractivity contribution in [2.75, 3.05) is 20.2 Å². The fourth-order valence-electron chi connectivity index (χ4n) is 2.30. The second-order valence-corrected chi connectivity index (χ2v) is 5.62. The minimum absolute atomic E-state index is 0.0547. The van der Waals surface area contributed by atoms with Gasteiger partial charge in [-0.2, -0.15) is 0 Å². The molecule has 114 valence electrons. The predicted octanol–water partition coefficient (Wildman–Crippen LogP) is 1.76. The van der Waals surface area contributed by atoms with E-state index in [1.165, 1.54) is 11.8 Å². The van der Waals surface area contributed by atoms with Crippen LogP contribution in [0.15, 0.2) is 24.3 Å². The van der Waals surface area contributed by atoms with Crippen molar-refractivity contribution >= 4 is 23.4 Å². The third-order valence-electron chi connectivity index (χ3n) is 3.55. The van der Waals surface area contributed by atoms with E-state index < -0.39 is 0 Å². The average molecular weight is 311 g/mol. The van der Waals surface area contributed by atoms with Crippen molar-refractivity contribution in [3.05, 3.63) is 34.9 Å². The number of rotatable bonds is 4. The summed E-state index contributed by atoms with van der Waals surface area (Å²) < 4.78 is 5.71. The Kier molecular flexibility index (Phi) is 5.20. The summed E-state index contributed by atoms with van der Waals surface area (Å²) in [6, 6.07) is 7.33. The van der Waals surface area contributed by atoms with Gasteiger partial charge in [0, 0.05) is 25.6 Å². The summed E-state index contributed by atoms with van der Waals surface area (Å²) in [7, 11) is 1.60. The number of nitrogens with one attached hydrogen (secondary N) is 1. The number of ether oxygens (including phenoxy) is 1. The first kappa shape index (κ1) is 15.8. The van der Waals surface area contributed by atoms with Crippen LogP contribution in [0.3, 0.4) is 0 Å². The van der Waals surface area contributed by atoms with Gasteiger partial charge in [-0.1, -0.05) is 23.7 Å². The third-order valence-corrected chi connectivity index (χ3v) is 3.81. The van der Waals surface area contributed by atoms with Crippen molar-refractivity contribution in [1.29, 1.82) is 0 Å². The summed E-state index contributed by atoms with van der Waals surface area (Å²) in [6.07, 6.45) is 0.580. The van der Waals surface area contributed by atoms with Crippen LogP contribution in [0.5, 0.6) is 0 Å². The highest BCUT2D eigenvalue weighted by molar-refractivity contribution is 6.30. The van der Waals surface area contributed by atoms with E-state index in [-0.39, 0.29) is 30.5 Å². The van der Waals surface area contributed by atoms with E-state index in [0.29, 0.717) is 11.6 Å². The molecule has 1 saturated heterocycles. The molecule has 1 N–H and O–H groups in total. The zero-order chi connectivity index (χ0) is 15.4. The minimum atomic E-state index is -0.179. The molecule has 1 heterocycles. The van der Waals surface area contributed by atoms with E-state index in [9.17, 15) is 9.59 Å². The molecule has 21 heavy (non-hydrogen) atoms. The summed E-state index contributed by atoms with van der Waals surface area (Å²) in [4.78, 5) is 24.5. The Bertz CT molecular complexity index is 518. The number of carbonyl (C=O) groups is 2. The number of hydrogen-bond acceptors (Lipinski definition) is 3. The number of nitrogens with zero attached hydrogens (tertiary/aromatic N) is 1. The molecule has 1 aromatic carbocycles. The SMILES string of the molecule is CC(=O)N(C)CC(=O)N[C@H]1CCO[C@@H]1c1ccc(Cl)cc1. The number of hydrogen-bond donors (Lipinski definition) is 1. The second-order valence-electron chi connectivity index (χ2n) is 5.18. The van der Waals surface area contributed by atoms with Crippen molar-refractivity contribution in [1.82, 2.24) is 10.2 Å². The topological polar surface area (TPSA) is 58.6 Å². The zero-order valence-corrected chi connectivity index (χ0v) is 12.9. The van der Waals surface area contributed by atoms with Crippen LogP contribution in [0.1, 0.15) is 25.0 Å². The molecule has 2 rings (SSSR count). The molecule has 1 aromatic rings. The van der Waals surface area contributed by atoms with Gasteiger partial charge in [-0.05, 0) is 24.1 Å². The fraction of sp³-hybridized carbons (Fsp3) is 0.467. The van der Waals surface area contributed by atoms with E-state index in [1.54, 1.807) is 19.2 Å². The first-order valence-electron chi connectivity index (χ1n) is 6.85. The smallest absolute Gasteiger partial charge is 0.239 e. The van der Waals surface area contributed by atoms with Gasteiger partial charge in [0.2, 0.25) is 11.8 Å². The lowest BCUT2D eigenvalue weighted by Crippen LogP contribution is -2.43. The quantitative estimate of drug-likeness (QED) is 0.922. The Morgan fingerprint density at radius 2 is 2.05 bits per heavy atom. The summed E-state index contributed by atoms with van der Waals surface area (Å²) in [5.74, 6) is -0.316. The number of carbonyl (C=O) groups excluding carboxylic acids is 2. The molecule has 0 bridgehead atoms. The summed E-state index contributed by atoms with van der Waals surface area (Å²) in [6.45, 7) is 2.09. The van der Waals surface area contributed by atoms with E-state index in [1.807, 2.05) is 12.1 Å². The summed E-state index contributed by atoms with van der Waals surface area (Å²) in [5, 5.41) is 3.60. The molecule has 1 aliphatic heterocycles. The molecule has 0 aromatic heterocycles. The average Bonchev–Trinajstić information content (AvgIpc) is 2.87. The van der Waals surface area contributed by atoms with E-state index in [2.05, 4.69) is 5.32 Å². The Balaban J connectivity index is 1.97. The molecule has 2 atom stereocenters. The molecular weight excluding hydrogens is 292 g/mol. The highest BCUT2D eigenvalue weighted by Crippen LogP contribution is 2.29. The Morgan fingerprint density at radius 3 is 2.67 bits per heavy atom. The van der Waals surface area contributed by atoms with Crippen LogP contribution in [0, 0.1) is 0 Å². The lowest BCUT2D eigenvalue weighted by Gasteiger charge is -2.22. The summed E-state index contributed by atoms with van der Waals surface area (Å²) >= 11 is 5.88. The molecule has 0 saturated carbocycles. The van der Waals surface area contributed by atoms with Crippen LogP contribution in [0.4, 0.5) is 0 Å². The minimum Gasteiger partial charge on any atom is -0.371 e. The van der Waals surface area contributed by atoms with Crippen LogP contribution < -0.4 is 5.32 Å². The van der Waals surface area contributed by atoms with E-state index in [0.717, 1.165) is 12.0 Å². The van der Waals surface area contributed by atoms with Crippen LogP contribution in [0.25, 0.3) is 0 Å². The maximum absolute atomic E-state index is 12.0. The first-order chi connectivity index (χ1) is 9.97. The van der Waals surface area contributed by atoms with Gasteiger partial charge in [0.1, 0.15) is 6.10 Å². The van der Waals surface area contributed by atoms with Gasteiger partial charge in [0.05, 0.1) is 12.6 Å². The fourth-order valence-corrected chi connectivity index (χ4v) is 2.42.